The third kappa shape index (κ3) is 4.25. The lowest BCUT2D eigenvalue weighted by molar-refractivity contribution is 0.0919. The number of anilines is 1. The SMILES string of the molecule is CC(C)(C)NC(=O)c1ccc(NC(=O)c2ccc3ccccc3n2)cc1. The number of benzene rings is 2. The summed E-state index contributed by atoms with van der Waals surface area (Å²) in [7, 11) is 0. The molecular weight excluding hydrogens is 326 g/mol. The molecule has 0 radical (unpaired) electrons. The van der Waals surface area contributed by atoms with Gasteiger partial charge >= 0.3 is 0 Å². The number of aromatic nitrogens is 1. The van der Waals surface area contributed by atoms with E-state index in [4.69, 9.17) is 0 Å². The van der Waals surface area contributed by atoms with E-state index in [-0.39, 0.29) is 17.4 Å². The molecule has 1 aromatic heterocycles. The van der Waals surface area contributed by atoms with Crippen LogP contribution in [0.1, 0.15) is 41.6 Å². The van der Waals surface area contributed by atoms with Gasteiger partial charge in [0, 0.05) is 22.2 Å². The number of hydrogen-bond acceptors (Lipinski definition) is 3. The van der Waals surface area contributed by atoms with Crippen LogP contribution < -0.4 is 10.6 Å². The van der Waals surface area contributed by atoms with Crippen LogP contribution in [0.5, 0.6) is 0 Å². The van der Waals surface area contributed by atoms with Crippen LogP contribution in [0.2, 0.25) is 0 Å². The quantitative estimate of drug-likeness (QED) is 0.752. The first-order chi connectivity index (χ1) is 12.3. The molecule has 0 atom stereocenters. The van der Waals surface area contributed by atoms with Crippen molar-refractivity contribution in [3.05, 3.63) is 71.9 Å². The molecule has 0 saturated heterocycles. The molecule has 0 spiro atoms. The van der Waals surface area contributed by atoms with E-state index < -0.39 is 0 Å². The monoisotopic (exact) mass is 347 g/mol. The van der Waals surface area contributed by atoms with Crippen LogP contribution in [0.3, 0.4) is 0 Å². The number of fused-ring (bicyclic) bond motifs is 1. The first-order valence-corrected chi connectivity index (χ1v) is 8.41. The molecule has 0 unspecified atom stereocenters. The highest BCUT2D eigenvalue weighted by molar-refractivity contribution is 6.04. The Balaban J connectivity index is 1.71. The maximum Gasteiger partial charge on any atom is 0.274 e. The van der Waals surface area contributed by atoms with E-state index in [1.165, 1.54) is 0 Å². The number of carbonyl (C=O) groups excluding carboxylic acids is 2. The molecule has 3 aromatic rings. The van der Waals surface area contributed by atoms with E-state index in [1.54, 1.807) is 30.3 Å². The van der Waals surface area contributed by atoms with Crippen molar-refractivity contribution in [2.75, 3.05) is 5.32 Å². The molecule has 0 saturated carbocycles. The van der Waals surface area contributed by atoms with Gasteiger partial charge in [0.25, 0.3) is 11.8 Å². The summed E-state index contributed by atoms with van der Waals surface area (Å²) in [6, 6.07) is 18.0. The smallest absolute Gasteiger partial charge is 0.274 e. The Morgan fingerprint density at radius 2 is 1.54 bits per heavy atom. The first-order valence-electron chi connectivity index (χ1n) is 8.41. The van der Waals surface area contributed by atoms with Gasteiger partial charge < -0.3 is 10.6 Å². The Hall–Kier alpha value is -3.21. The zero-order valence-corrected chi connectivity index (χ0v) is 15.0. The van der Waals surface area contributed by atoms with E-state index in [2.05, 4.69) is 15.6 Å². The Labute approximate surface area is 152 Å². The molecule has 0 aliphatic carbocycles. The molecule has 0 aliphatic rings. The van der Waals surface area contributed by atoms with Crippen LogP contribution in [0.4, 0.5) is 5.69 Å². The fraction of sp³-hybridized carbons (Fsp3) is 0.190. The van der Waals surface area contributed by atoms with Gasteiger partial charge in [0.2, 0.25) is 0 Å². The molecular formula is C21H21N3O2. The highest BCUT2D eigenvalue weighted by atomic mass is 16.2. The number of nitrogens with zero attached hydrogens (tertiary/aromatic N) is 1. The topological polar surface area (TPSA) is 71.1 Å². The predicted octanol–water partition coefficient (Wildman–Crippen LogP) is 4.02. The predicted molar refractivity (Wildman–Crippen MR) is 103 cm³/mol. The zero-order chi connectivity index (χ0) is 18.7. The summed E-state index contributed by atoms with van der Waals surface area (Å²) in [5.74, 6) is -0.436. The molecule has 132 valence electrons. The van der Waals surface area contributed by atoms with Crippen LogP contribution >= 0.6 is 0 Å². The second kappa shape index (κ2) is 6.96. The molecule has 1 heterocycles. The second-order valence-electron chi connectivity index (χ2n) is 7.12. The number of carbonyl (C=O) groups is 2. The van der Waals surface area contributed by atoms with E-state index in [0.29, 0.717) is 16.9 Å². The number of nitrogens with one attached hydrogen (secondary N) is 2. The van der Waals surface area contributed by atoms with Crippen molar-refractivity contribution in [2.45, 2.75) is 26.3 Å². The largest absolute Gasteiger partial charge is 0.347 e. The Kier molecular flexibility index (Phi) is 4.71. The minimum Gasteiger partial charge on any atom is -0.347 e. The first kappa shape index (κ1) is 17.6. The molecule has 26 heavy (non-hydrogen) atoms. The van der Waals surface area contributed by atoms with E-state index in [0.717, 1.165) is 10.9 Å². The third-order valence-electron chi connectivity index (χ3n) is 3.72. The van der Waals surface area contributed by atoms with Crippen molar-refractivity contribution in [3.63, 3.8) is 0 Å². The van der Waals surface area contributed by atoms with Gasteiger partial charge in [-0.25, -0.2) is 4.98 Å². The number of para-hydroxylation sites is 1. The van der Waals surface area contributed by atoms with Crippen molar-refractivity contribution < 1.29 is 9.59 Å². The summed E-state index contributed by atoms with van der Waals surface area (Å²) in [6.07, 6.45) is 0. The van der Waals surface area contributed by atoms with E-state index in [1.807, 2.05) is 51.1 Å². The van der Waals surface area contributed by atoms with Crippen molar-refractivity contribution in [1.82, 2.24) is 10.3 Å². The van der Waals surface area contributed by atoms with Crippen molar-refractivity contribution >= 4 is 28.4 Å². The van der Waals surface area contributed by atoms with Crippen LogP contribution in [0.15, 0.2) is 60.7 Å². The van der Waals surface area contributed by atoms with Gasteiger partial charge in [-0.05, 0) is 57.2 Å². The Morgan fingerprint density at radius 3 is 2.23 bits per heavy atom. The fourth-order valence-corrected chi connectivity index (χ4v) is 2.51. The van der Waals surface area contributed by atoms with Gasteiger partial charge in [0.05, 0.1) is 5.52 Å². The average Bonchev–Trinajstić information content (AvgIpc) is 2.60. The summed E-state index contributed by atoms with van der Waals surface area (Å²) in [5, 5.41) is 6.69. The standard InChI is InChI=1S/C21H21N3O2/c1-21(2,3)24-19(25)15-8-11-16(12-9-15)22-20(26)18-13-10-14-6-4-5-7-17(14)23-18/h4-13H,1-3H3,(H,22,26)(H,24,25). The molecule has 3 rings (SSSR count). The fourth-order valence-electron chi connectivity index (χ4n) is 2.51. The number of rotatable bonds is 3. The Bertz CT molecular complexity index is 957. The number of hydrogen-bond donors (Lipinski definition) is 2. The lowest BCUT2D eigenvalue weighted by atomic mass is 10.1. The maximum atomic E-state index is 12.4. The van der Waals surface area contributed by atoms with Crippen LogP contribution in [0.25, 0.3) is 10.9 Å². The maximum absolute atomic E-state index is 12.4. The van der Waals surface area contributed by atoms with Gasteiger partial charge in [-0.15, -0.1) is 0 Å². The molecule has 2 amide bonds. The highest BCUT2D eigenvalue weighted by Gasteiger charge is 2.15. The zero-order valence-electron chi connectivity index (χ0n) is 15.0. The number of amides is 2. The summed E-state index contributed by atoms with van der Waals surface area (Å²) in [4.78, 5) is 28.9. The normalized spacial score (nSPS) is 11.2. The van der Waals surface area contributed by atoms with E-state index >= 15 is 0 Å². The minimum atomic E-state index is -0.300. The van der Waals surface area contributed by atoms with Crippen molar-refractivity contribution in [3.8, 4) is 0 Å². The lowest BCUT2D eigenvalue weighted by Gasteiger charge is -2.20. The van der Waals surface area contributed by atoms with E-state index in [9.17, 15) is 9.59 Å². The van der Waals surface area contributed by atoms with Crippen LogP contribution in [0, 0.1) is 0 Å². The van der Waals surface area contributed by atoms with Crippen LogP contribution in [-0.2, 0) is 0 Å². The molecule has 0 fully saturated rings. The van der Waals surface area contributed by atoms with Gasteiger partial charge in [0.15, 0.2) is 0 Å². The summed E-state index contributed by atoms with van der Waals surface area (Å²) >= 11 is 0. The van der Waals surface area contributed by atoms with Gasteiger partial charge in [0.1, 0.15) is 5.69 Å². The van der Waals surface area contributed by atoms with Crippen LogP contribution in [-0.4, -0.2) is 22.3 Å². The van der Waals surface area contributed by atoms with Gasteiger partial charge in [-0.2, -0.15) is 0 Å². The Morgan fingerprint density at radius 1 is 0.846 bits per heavy atom. The molecule has 5 heteroatoms. The van der Waals surface area contributed by atoms with Crippen molar-refractivity contribution in [1.29, 1.82) is 0 Å². The minimum absolute atomic E-state index is 0.147. The summed E-state index contributed by atoms with van der Waals surface area (Å²) < 4.78 is 0. The molecule has 2 aromatic carbocycles. The summed E-state index contributed by atoms with van der Waals surface area (Å²) in [5.41, 5.74) is 1.97. The molecule has 0 bridgehead atoms. The van der Waals surface area contributed by atoms with Gasteiger partial charge in [-0.1, -0.05) is 24.3 Å². The third-order valence-corrected chi connectivity index (χ3v) is 3.72. The molecule has 5 nitrogen and oxygen atoms in total. The lowest BCUT2D eigenvalue weighted by Crippen LogP contribution is -2.40. The second-order valence-corrected chi connectivity index (χ2v) is 7.12. The molecule has 0 aliphatic heterocycles. The van der Waals surface area contributed by atoms with Gasteiger partial charge in [-0.3, -0.25) is 9.59 Å². The molecule has 2 N–H and O–H groups in total. The highest BCUT2D eigenvalue weighted by Crippen LogP contribution is 2.15. The average molecular weight is 347 g/mol. The summed E-state index contributed by atoms with van der Waals surface area (Å²) in [6.45, 7) is 5.78. The number of pyridine rings is 1. The van der Waals surface area contributed by atoms with Crippen molar-refractivity contribution in [2.24, 2.45) is 0 Å².